The van der Waals surface area contributed by atoms with Crippen molar-refractivity contribution >= 4 is 11.3 Å². The van der Waals surface area contributed by atoms with E-state index in [1.165, 1.54) is 49.0 Å². The minimum absolute atomic E-state index is 0.615. The molecule has 0 aliphatic heterocycles. The second kappa shape index (κ2) is 6.72. The highest BCUT2D eigenvalue weighted by Gasteiger charge is 2.26. The van der Waals surface area contributed by atoms with Gasteiger partial charge < -0.3 is 5.32 Å². The van der Waals surface area contributed by atoms with Crippen LogP contribution in [0.3, 0.4) is 0 Å². The van der Waals surface area contributed by atoms with Gasteiger partial charge in [0.25, 0.3) is 0 Å². The molecule has 0 bridgehead atoms. The third-order valence-electron chi connectivity index (χ3n) is 4.10. The first kappa shape index (κ1) is 14.1. The van der Waals surface area contributed by atoms with E-state index in [1.807, 2.05) is 11.3 Å². The highest BCUT2D eigenvalue weighted by Crippen LogP contribution is 2.38. The van der Waals surface area contributed by atoms with Crippen molar-refractivity contribution in [2.24, 2.45) is 5.92 Å². The first-order valence-electron chi connectivity index (χ1n) is 7.52. The molecule has 2 heteroatoms. The molecule has 1 saturated carbocycles. The summed E-state index contributed by atoms with van der Waals surface area (Å²) in [5.41, 5.74) is 1.50. The topological polar surface area (TPSA) is 12.0 Å². The average molecular weight is 265 g/mol. The summed E-state index contributed by atoms with van der Waals surface area (Å²) < 4.78 is 0. The van der Waals surface area contributed by atoms with E-state index in [2.05, 4.69) is 32.2 Å². The Morgan fingerprint density at radius 1 is 1.28 bits per heavy atom. The Labute approximate surface area is 116 Å². The Balaban J connectivity index is 2.15. The van der Waals surface area contributed by atoms with Gasteiger partial charge in [0.05, 0.1) is 0 Å². The normalized spacial score (nSPS) is 19.1. The van der Waals surface area contributed by atoms with Crippen molar-refractivity contribution in [2.75, 3.05) is 6.54 Å². The van der Waals surface area contributed by atoms with E-state index in [1.54, 1.807) is 4.88 Å². The fourth-order valence-electron chi connectivity index (χ4n) is 3.21. The van der Waals surface area contributed by atoms with Gasteiger partial charge in [-0.15, -0.1) is 11.3 Å². The molecule has 2 rings (SSSR count). The van der Waals surface area contributed by atoms with Crippen LogP contribution in [0.1, 0.15) is 66.8 Å². The maximum Gasteiger partial charge on any atom is 0.0446 e. The van der Waals surface area contributed by atoms with E-state index in [9.17, 15) is 0 Å². The minimum atomic E-state index is 0.615. The molecule has 18 heavy (non-hydrogen) atoms. The number of hydrogen-bond donors (Lipinski definition) is 1. The van der Waals surface area contributed by atoms with E-state index in [-0.39, 0.29) is 0 Å². The van der Waals surface area contributed by atoms with Crippen LogP contribution in [0, 0.1) is 19.8 Å². The lowest BCUT2D eigenvalue weighted by Crippen LogP contribution is -2.30. The average Bonchev–Trinajstić information content (AvgIpc) is 2.70. The van der Waals surface area contributed by atoms with Gasteiger partial charge in [0, 0.05) is 15.8 Å². The van der Waals surface area contributed by atoms with Gasteiger partial charge in [0.15, 0.2) is 0 Å². The molecule has 1 aliphatic rings. The number of thiophene rings is 1. The fraction of sp³-hybridized carbons (Fsp3) is 0.750. The molecule has 1 heterocycles. The van der Waals surface area contributed by atoms with Crippen LogP contribution in [-0.4, -0.2) is 6.54 Å². The van der Waals surface area contributed by atoms with E-state index in [0.29, 0.717) is 6.04 Å². The third-order valence-corrected chi connectivity index (χ3v) is 5.33. The van der Waals surface area contributed by atoms with Gasteiger partial charge in [-0.2, -0.15) is 0 Å². The summed E-state index contributed by atoms with van der Waals surface area (Å²) in [6, 6.07) is 2.97. The molecule has 1 aromatic rings. The molecule has 0 amide bonds. The fourth-order valence-corrected chi connectivity index (χ4v) is 4.41. The van der Waals surface area contributed by atoms with Crippen molar-refractivity contribution in [1.82, 2.24) is 5.32 Å². The molecule has 1 N–H and O–H groups in total. The quantitative estimate of drug-likeness (QED) is 0.791. The first-order valence-corrected chi connectivity index (χ1v) is 8.34. The Kier molecular flexibility index (Phi) is 5.25. The molecule has 0 spiro atoms. The van der Waals surface area contributed by atoms with Crippen molar-refractivity contribution in [3.05, 3.63) is 21.4 Å². The lowest BCUT2D eigenvalue weighted by Gasteiger charge is -2.31. The first-order chi connectivity index (χ1) is 8.72. The molecule has 102 valence electrons. The van der Waals surface area contributed by atoms with Crippen molar-refractivity contribution in [2.45, 2.75) is 65.3 Å². The Morgan fingerprint density at radius 3 is 2.56 bits per heavy atom. The maximum atomic E-state index is 3.82. The van der Waals surface area contributed by atoms with Crippen molar-refractivity contribution in [3.8, 4) is 0 Å². The lowest BCUT2D eigenvalue weighted by molar-refractivity contribution is 0.274. The highest BCUT2D eigenvalue weighted by atomic mass is 32.1. The smallest absolute Gasteiger partial charge is 0.0446 e. The molecule has 1 aliphatic carbocycles. The summed E-state index contributed by atoms with van der Waals surface area (Å²) in [5, 5.41) is 3.82. The number of hydrogen-bond acceptors (Lipinski definition) is 2. The molecular formula is C16H27NS. The number of rotatable bonds is 5. The molecule has 1 unspecified atom stereocenters. The monoisotopic (exact) mass is 265 g/mol. The van der Waals surface area contributed by atoms with Crippen LogP contribution in [-0.2, 0) is 0 Å². The van der Waals surface area contributed by atoms with Crippen LogP contribution in [0.2, 0.25) is 0 Å². The van der Waals surface area contributed by atoms with E-state index in [0.717, 1.165) is 12.5 Å². The Bertz CT molecular complexity index is 363. The molecule has 1 aromatic heterocycles. The molecule has 0 radical (unpaired) electrons. The summed E-state index contributed by atoms with van der Waals surface area (Å²) in [5.74, 6) is 0.863. The second-order valence-corrected chi connectivity index (χ2v) is 7.02. The third kappa shape index (κ3) is 3.36. The van der Waals surface area contributed by atoms with Crippen LogP contribution in [0.15, 0.2) is 6.07 Å². The lowest BCUT2D eigenvalue weighted by atomic mass is 9.82. The van der Waals surface area contributed by atoms with Gasteiger partial charge in [-0.3, -0.25) is 0 Å². The second-order valence-electron chi connectivity index (χ2n) is 5.73. The SMILES string of the molecule is CCCNC(c1sc(C)cc1C)C1CCCCC1. The highest BCUT2D eigenvalue weighted by molar-refractivity contribution is 7.12. The molecular weight excluding hydrogens is 238 g/mol. The van der Waals surface area contributed by atoms with Crippen molar-refractivity contribution < 1.29 is 0 Å². The standard InChI is InChI=1S/C16H27NS/c1-4-10-17-15(14-8-6-5-7-9-14)16-12(2)11-13(3)18-16/h11,14-15,17H,4-10H2,1-3H3. The maximum absolute atomic E-state index is 3.82. The van der Waals surface area contributed by atoms with Gasteiger partial charge in [-0.25, -0.2) is 0 Å². The van der Waals surface area contributed by atoms with Crippen LogP contribution in [0.25, 0.3) is 0 Å². The summed E-state index contributed by atoms with van der Waals surface area (Å²) >= 11 is 2.00. The molecule has 0 aromatic carbocycles. The van der Waals surface area contributed by atoms with Crippen LogP contribution in [0.5, 0.6) is 0 Å². The zero-order valence-electron chi connectivity index (χ0n) is 12.1. The minimum Gasteiger partial charge on any atom is -0.309 e. The summed E-state index contributed by atoms with van der Waals surface area (Å²) in [4.78, 5) is 3.06. The van der Waals surface area contributed by atoms with Crippen molar-refractivity contribution in [1.29, 1.82) is 0 Å². The predicted octanol–water partition coefficient (Wildman–Crippen LogP) is 4.99. The number of nitrogens with one attached hydrogen (secondary N) is 1. The summed E-state index contributed by atoms with van der Waals surface area (Å²) in [6.45, 7) is 7.93. The zero-order valence-corrected chi connectivity index (χ0v) is 12.9. The van der Waals surface area contributed by atoms with Gasteiger partial charge in [0.1, 0.15) is 0 Å². The molecule has 1 nitrogen and oxygen atoms in total. The van der Waals surface area contributed by atoms with Gasteiger partial charge >= 0.3 is 0 Å². The zero-order chi connectivity index (χ0) is 13.0. The van der Waals surface area contributed by atoms with E-state index < -0.39 is 0 Å². The molecule has 1 atom stereocenters. The van der Waals surface area contributed by atoms with Gasteiger partial charge in [0.2, 0.25) is 0 Å². The van der Waals surface area contributed by atoms with Crippen LogP contribution < -0.4 is 5.32 Å². The van der Waals surface area contributed by atoms with Gasteiger partial charge in [-0.1, -0.05) is 26.2 Å². The van der Waals surface area contributed by atoms with Gasteiger partial charge in [-0.05, 0) is 57.2 Å². The van der Waals surface area contributed by atoms with Crippen LogP contribution >= 0.6 is 11.3 Å². The largest absolute Gasteiger partial charge is 0.309 e. The van der Waals surface area contributed by atoms with E-state index in [4.69, 9.17) is 0 Å². The molecule has 1 fully saturated rings. The molecule has 0 saturated heterocycles. The summed E-state index contributed by atoms with van der Waals surface area (Å²) in [6.07, 6.45) is 8.36. The summed E-state index contributed by atoms with van der Waals surface area (Å²) in [7, 11) is 0. The Morgan fingerprint density at radius 2 is 2.00 bits per heavy atom. The Hall–Kier alpha value is -0.340. The van der Waals surface area contributed by atoms with E-state index >= 15 is 0 Å². The predicted molar refractivity (Wildman–Crippen MR) is 81.4 cm³/mol. The van der Waals surface area contributed by atoms with Crippen LogP contribution in [0.4, 0.5) is 0 Å². The van der Waals surface area contributed by atoms with Crippen molar-refractivity contribution in [3.63, 3.8) is 0 Å². The number of aryl methyl sites for hydroxylation is 2.